The van der Waals surface area contributed by atoms with E-state index in [9.17, 15) is 13.2 Å². The van der Waals surface area contributed by atoms with E-state index in [1.165, 1.54) is 25.0 Å². The van der Waals surface area contributed by atoms with E-state index in [1.807, 2.05) is 0 Å². The molecule has 0 atom stereocenters. The second-order valence-electron chi connectivity index (χ2n) is 6.18. The van der Waals surface area contributed by atoms with Gasteiger partial charge in [-0.2, -0.15) is 18.2 Å². The number of aromatic nitrogens is 2. The quantitative estimate of drug-likeness (QED) is 0.770. The average molecular weight is 365 g/mol. The number of likely N-dealkylation sites (tertiary alicyclic amines) is 1. The van der Waals surface area contributed by atoms with Crippen LogP contribution in [0.2, 0.25) is 0 Å². The maximum Gasteiger partial charge on any atom is 0.416 e. The van der Waals surface area contributed by atoms with Crippen molar-refractivity contribution in [2.75, 3.05) is 26.2 Å². The monoisotopic (exact) mass is 365 g/mol. The molecule has 0 spiro atoms. The number of rotatable bonds is 6. The lowest BCUT2D eigenvalue weighted by molar-refractivity contribution is -0.137. The minimum absolute atomic E-state index is 0.0569. The van der Waals surface area contributed by atoms with Crippen molar-refractivity contribution in [3.8, 4) is 17.3 Å². The van der Waals surface area contributed by atoms with E-state index >= 15 is 0 Å². The Bertz CT molecular complexity index is 728. The summed E-state index contributed by atoms with van der Waals surface area (Å²) >= 11 is 0. The van der Waals surface area contributed by atoms with Crippen LogP contribution in [-0.2, 0) is 12.7 Å². The molecule has 1 fully saturated rings. The van der Waals surface area contributed by atoms with Gasteiger partial charge in [0.25, 0.3) is 0 Å². The van der Waals surface area contributed by atoms with Gasteiger partial charge in [-0.3, -0.25) is 4.90 Å². The molecule has 1 aromatic heterocycles. The molecule has 5 nitrogen and oxygen atoms in total. The summed E-state index contributed by atoms with van der Waals surface area (Å²) in [6, 6.07) is 6.53. The number of alkyl halides is 3. The van der Waals surface area contributed by atoms with Gasteiger partial charge in [0.05, 0.1) is 11.3 Å². The van der Waals surface area contributed by atoms with Gasteiger partial charge in [-0.25, -0.2) is 4.98 Å². The number of nitrogens with zero attached hydrogens (tertiary/aromatic N) is 3. The first kappa shape index (κ1) is 18.6. The Labute approximate surface area is 150 Å². The van der Waals surface area contributed by atoms with Gasteiger partial charge in [0, 0.05) is 17.8 Å². The first-order valence-electron chi connectivity index (χ1n) is 8.51. The predicted octanol–water partition coefficient (Wildman–Crippen LogP) is 4.19. The van der Waals surface area contributed by atoms with Crippen molar-refractivity contribution in [3.05, 3.63) is 47.3 Å². The lowest BCUT2D eigenvalue weighted by Crippen LogP contribution is -2.25. The molecule has 1 aromatic carbocycles. The highest BCUT2D eigenvalue weighted by molar-refractivity contribution is 5.60. The second kappa shape index (κ2) is 8.01. The van der Waals surface area contributed by atoms with Crippen molar-refractivity contribution in [2.24, 2.45) is 0 Å². The normalized spacial score (nSPS) is 15.4. The van der Waals surface area contributed by atoms with E-state index in [1.54, 1.807) is 6.07 Å². The number of halogens is 3. The molecule has 1 saturated heterocycles. The molecular weight excluding hydrogens is 345 g/mol. The Kier molecular flexibility index (Phi) is 5.73. The molecule has 0 saturated carbocycles. The van der Waals surface area contributed by atoms with Gasteiger partial charge in [-0.05, 0) is 44.1 Å². The molecule has 0 bridgehead atoms. The van der Waals surface area contributed by atoms with Gasteiger partial charge < -0.3 is 10.5 Å². The fourth-order valence-corrected chi connectivity index (χ4v) is 2.88. The maximum absolute atomic E-state index is 12.7. The average Bonchev–Trinajstić information content (AvgIpc) is 3.14. The van der Waals surface area contributed by atoms with Crippen LogP contribution in [0.1, 0.15) is 24.1 Å². The Morgan fingerprint density at radius 2 is 1.77 bits per heavy atom. The van der Waals surface area contributed by atoms with Crippen molar-refractivity contribution < 1.29 is 17.9 Å². The molecule has 0 radical (unpaired) electrons. The standard InChI is InChI=1S/C18H20F3N4O/c19-18(20,21)14-5-3-13(4-6-14)16-11-15(12-22)23-17(24-16)26-10-9-25-7-1-2-8-25/h3-6,11,22H,1-2,7-10,12H2/q-1. The van der Waals surface area contributed by atoms with E-state index < -0.39 is 11.7 Å². The second-order valence-corrected chi connectivity index (χ2v) is 6.18. The highest BCUT2D eigenvalue weighted by atomic mass is 19.4. The van der Waals surface area contributed by atoms with Crippen LogP contribution < -0.4 is 4.74 Å². The first-order chi connectivity index (χ1) is 12.5. The molecule has 0 unspecified atom stereocenters. The largest absolute Gasteiger partial charge is 0.672 e. The Morgan fingerprint density at radius 3 is 2.38 bits per heavy atom. The Morgan fingerprint density at radius 1 is 1.08 bits per heavy atom. The number of ether oxygens (including phenoxy) is 1. The fraction of sp³-hybridized carbons (Fsp3) is 0.444. The first-order valence-corrected chi connectivity index (χ1v) is 8.51. The van der Waals surface area contributed by atoms with Gasteiger partial charge in [0.15, 0.2) is 0 Å². The van der Waals surface area contributed by atoms with Crippen molar-refractivity contribution in [2.45, 2.75) is 25.6 Å². The van der Waals surface area contributed by atoms with Crippen molar-refractivity contribution in [1.29, 1.82) is 0 Å². The molecular formula is C18H20F3N4O-. The number of hydrogen-bond acceptors (Lipinski definition) is 4. The summed E-state index contributed by atoms with van der Waals surface area (Å²) in [6.45, 7) is 3.29. The van der Waals surface area contributed by atoms with Crippen LogP contribution in [0.15, 0.2) is 30.3 Å². The minimum Gasteiger partial charge on any atom is -0.672 e. The van der Waals surface area contributed by atoms with Crippen LogP contribution in [0.25, 0.3) is 17.0 Å². The topological polar surface area (TPSA) is 62.1 Å². The lowest BCUT2D eigenvalue weighted by Gasteiger charge is -2.15. The van der Waals surface area contributed by atoms with Gasteiger partial charge in [0.1, 0.15) is 6.61 Å². The molecule has 2 aromatic rings. The van der Waals surface area contributed by atoms with Crippen LogP contribution in [-0.4, -0.2) is 41.1 Å². The van der Waals surface area contributed by atoms with Crippen molar-refractivity contribution in [1.82, 2.24) is 14.9 Å². The molecule has 1 aliphatic rings. The van der Waals surface area contributed by atoms with Gasteiger partial charge in [-0.1, -0.05) is 12.1 Å². The molecule has 2 heterocycles. The summed E-state index contributed by atoms with van der Waals surface area (Å²) < 4.78 is 43.7. The summed E-state index contributed by atoms with van der Waals surface area (Å²) in [7, 11) is 0. The van der Waals surface area contributed by atoms with E-state index in [2.05, 4.69) is 14.9 Å². The maximum atomic E-state index is 12.7. The summed E-state index contributed by atoms with van der Waals surface area (Å²) in [5, 5.41) is 0. The van der Waals surface area contributed by atoms with Crippen LogP contribution in [0, 0.1) is 0 Å². The predicted molar refractivity (Wildman–Crippen MR) is 91.7 cm³/mol. The van der Waals surface area contributed by atoms with Gasteiger partial charge in [0.2, 0.25) is 0 Å². The number of benzene rings is 1. The Balaban J connectivity index is 1.74. The van der Waals surface area contributed by atoms with Crippen LogP contribution in [0.4, 0.5) is 13.2 Å². The zero-order valence-electron chi connectivity index (χ0n) is 14.2. The highest BCUT2D eigenvalue weighted by Gasteiger charge is 2.30. The third kappa shape index (κ3) is 4.70. The molecule has 0 aliphatic carbocycles. The number of nitrogens with one attached hydrogen (secondary N) is 1. The van der Waals surface area contributed by atoms with E-state index in [0.717, 1.165) is 31.8 Å². The van der Waals surface area contributed by atoms with Crippen LogP contribution in [0.3, 0.4) is 0 Å². The zero-order chi connectivity index (χ0) is 18.6. The zero-order valence-corrected chi connectivity index (χ0v) is 14.2. The number of hydrogen-bond donors (Lipinski definition) is 0. The molecule has 26 heavy (non-hydrogen) atoms. The molecule has 140 valence electrons. The van der Waals surface area contributed by atoms with Gasteiger partial charge >= 0.3 is 12.2 Å². The van der Waals surface area contributed by atoms with Crippen molar-refractivity contribution >= 4 is 0 Å². The molecule has 8 heteroatoms. The van der Waals surface area contributed by atoms with E-state index in [-0.39, 0.29) is 12.6 Å². The van der Waals surface area contributed by atoms with Crippen LogP contribution in [0.5, 0.6) is 6.01 Å². The highest BCUT2D eigenvalue weighted by Crippen LogP contribution is 2.31. The molecule has 0 amide bonds. The van der Waals surface area contributed by atoms with Gasteiger partial charge in [-0.15, -0.1) is 6.54 Å². The minimum atomic E-state index is -4.37. The summed E-state index contributed by atoms with van der Waals surface area (Å²) in [5.74, 6) is 0. The van der Waals surface area contributed by atoms with Crippen LogP contribution >= 0.6 is 0 Å². The smallest absolute Gasteiger partial charge is 0.416 e. The molecule has 1 N–H and O–H groups in total. The third-order valence-corrected chi connectivity index (χ3v) is 4.29. The SMILES string of the molecule is [NH-]Cc1cc(-c2ccc(C(F)(F)F)cc2)nc(OCCN2CCCC2)n1. The Hall–Kier alpha value is -2.19. The fourth-order valence-electron chi connectivity index (χ4n) is 2.88. The van der Waals surface area contributed by atoms with E-state index in [0.29, 0.717) is 23.6 Å². The van der Waals surface area contributed by atoms with E-state index in [4.69, 9.17) is 10.5 Å². The molecule has 3 rings (SSSR count). The summed E-state index contributed by atoms with van der Waals surface area (Å²) in [6.07, 6.45) is -1.98. The third-order valence-electron chi connectivity index (χ3n) is 4.29. The summed E-state index contributed by atoms with van der Waals surface area (Å²) in [5.41, 5.74) is 8.26. The molecule has 1 aliphatic heterocycles. The lowest BCUT2D eigenvalue weighted by atomic mass is 10.1. The van der Waals surface area contributed by atoms with Crippen molar-refractivity contribution in [3.63, 3.8) is 0 Å². The summed E-state index contributed by atoms with van der Waals surface area (Å²) in [4.78, 5) is 10.8.